The minimum absolute atomic E-state index is 0.132. The maximum Gasteiger partial charge on any atom is 0.148 e. The molecule has 2 aliphatic heterocycles. The van der Waals surface area contributed by atoms with Gasteiger partial charge in [-0.25, -0.2) is 4.39 Å². The highest BCUT2D eigenvalue weighted by molar-refractivity contribution is 5.73. The van der Waals surface area contributed by atoms with Crippen LogP contribution in [-0.4, -0.2) is 19.1 Å². The first-order chi connectivity index (χ1) is 6.86. The smallest absolute Gasteiger partial charge is 0.148 e. The Morgan fingerprint density at radius 2 is 2.36 bits per heavy atom. The van der Waals surface area contributed by atoms with E-state index >= 15 is 0 Å². The molecule has 0 amide bonds. The highest BCUT2D eigenvalue weighted by Gasteiger charge is 2.30. The number of halogens is 1. The summed E-state index contributed by atoms with van der Waals surface area (Å²) in [7, 11) is 0. The van der Waals surface area contributed by atoms with Crippen molar-refractivity contribution in [2.75, 3.05) is 23.3 Å². The van der Waals surface area contributed by atoms with Gasteiger partial charge < -0.3 is 10.2 Å². The van der Waals surface area contributed by atoms with Crippen LogP contribution in [0.4, 0.5) is 15.8 Å². The van der Waals surface area contributed by atoms with E-state index in [9.17, 15) is 4.39 Å². The van der Waals surface area contributed by atoms with Crippen LogP contribution in [0.5, 0.6) is 0 Å². The summed E-state index contributed by atoms with van der Waals surface area (Å²) in [5.41, 5.74) is 1.73. The van der Waals surface area contributed by atoms with E-state index in [-0.39, 0.29) is 5.82 Å². The van der Waals surface area contributed by atoms with E-state index in [1.54, 1.807) is 6.07 Å². The number of nitrogens with one attached hydrogen (secondary N) is 1. The largest absolute Gasteiger partial charge is 0.379 e. The first kappa shape index (κ1) is 8.09. The lowest BCUT2D eigenvalue weighted by molar-refractivity contribution is 0.615. The van der Waals surface area contributed by atoms with Crippen molar-refractivity contribution in [3.05, 3.63) is 24.0 Å². The van der Waals surface area contributed by atoms with Crippen LogP contribution in [0.1, 0.15) is 12.8 Å². The first-order valence-corrected chi connectivity index (χ1v) is 5.15. The van der Waals surface area contributed by atoms with E-state index in [4.69, 9.17) is 0 Å². The molecular weight excluding hydrogens is 179 g/mol. The Morgan fingerprint density at radius 1 is 1.43 bits per heavy atom. The highest BCUT2D eigenvalue weighted by atomic mass is 19.1. The molecule has 1 fully saturated rings. The SMILES string of the molecule is Fc1cccc2c1NCC1CCCN21. The average molecular weight is 192 g/mol. The lowest BCUT2D eigenvalue weighted by atomic mass is 10.1. The average Bonchev–Trinajstić information content (AvgIpc) is 2.66. The van der Waals surface area contributed by atoms with Gasteiger partial charge in [-0.2, -0.15) is 0 Å². The van der Waals surface area contributed by atoms with Crippen molar-refractivity contribution < 1.29 is 4.39 Å². The van der Waals surface area contributed by atoms with Gasteiger partial charge in [-0.3, -0.25) is 0 Å². The van der Waals surface area contributed by atoms with Gasteiger partial charge in [-0.05, 0) is 25.0 Å². The van der Waals surface area contributed by atoms with E-state index in [1.165, 1.54) is 18.9 Å². The van der Waals surface area contributed by atoms with E-state index < -0.39 is 0 Å². The van der Waals surface area contributed by atoms with Crippen molar-refractivity contribution in [3.8, 4) is 0 Å². The minimum atomic E-state index is -0.132. The lowest BCUT2D eigenvalue weighted by Gasteiger charge is -2.34. The molecule has 2 heterocycles. The lowest BCUT2D eigenvalue weighted by Crippen LogP contribution is -2.39. The quantitative estimate of drug-likeness (QED) is 0.678. The Kier molecular flexibility index (Phi) is 1.66. The maximum atomic E-state index is 13.4. The molecule has 0 aromatic heterocycles. The van der Waals surface area contributed by atoms with Gasteiger partial charge in [0.05, 0.1) is 11.4 Å². The Balaban J connectivity index is 2.09. The summed E-state index contributed by atoms with van der Waals surface area (Å²) in [5.74, 6) is -0.132. The van der Waals surface area contributed by atoms with Crippen molar-refractivity contribution in [2.24, 2.45) is 0 Å². The molecule has 1 saturated heterocycles. The fourth-order valence-corrected chi connectivity index (χ4v) is 2.51. The normalized spacial score (nSPS) is 24.1. The molecule has 1 aromatic rings. The third kappa shape index (κ3) is 1.01. The number of hydrogen-bond acceptors (Lipinski definition) is 2. The third-order valence-corrected chi connectivity index (χ3v) is 3.19. The summed E-state index contributed by atoms with van der Waals surface area (Å²) in [6.45, 7) is 1.96. The van der Waals surface area contributed by atoms with Crippen molar-refractivity contribution in [3.63, 3.8) is 0 Å². The van der Waals surface area contributed by atoms with Gasteiger partial charge >= 0.3 is 0 Å². The van der Waals surface area contributed by atoms with Gasteiger partial charge in [0, 0.05) is 19.1 Å². The number of benzene rings is 1. The predicted molar refractivity (Wildman–Crippen MR) is 55.3 cm³/mol. The van der Waals surface area contributed by atoms with Crippen LogP contribution < -0.4 is 10.2 Å². The maximum absolute atomic E-state index is 13.4. The van der Waals surface area contributed by atoms with Crippen molar-refractivity contribution in [2.45, 2.75) is 18.9 Å². The summed E-state index contributed by atoms with van der Waals surface area (Å²) in [5, 5.41) is 3.19. The van der Waals surface area contributed by atoms with Crippen LogP contribution in [-0.2, 0) is 0 Å². The number of rotatable bonds is 0. The van der Waals surface area contributed by atoms with Gasteiger partial charge in [-0.15, -0.1) is 0 Å². The predicted octanol–water partition coefficient (Wildman–Crippen LogP) is 2.22. The topological polar surface area (TPSA) is 15.3 Å². The van der Waals surface area contributed by atoms with Gasteiger partial charge in [0.25, 0.3) is 0 Å². The monoisotopic (exact) mass is 192 g/mol. The van der Waals surface area contributed by atoms with Crippen LogP contribution >= 0.6 is 0 Å². The van der Waals surface area contributed by atoms with E-state index in [1.807, 2.05) is 6.07 Å². The minimum Gasteiger partial charge on any atom is -0.379 e. The van der Waals surface area contributed by atoms with Crippen LogP contribution in [0.15, 0.2) is 18.2 Å². The Bertz CT molecular complexity index is 364. The second-order valence-corrected chi connectivity index (χ2v) is 4.00. The molecule has 2 nitrogen and oxygen atoms in total. The number of fused-ring (bicyclic) bond motifs is 3. The molecule has 0 aliphatic carbocycles. The van der Waals surface area contributed by atoms with Crippen molar-refractivity contribution in [1.29, 1.82) is 0 Å². The van der Waals surface area contributed by atoms with E-state index in [2.05, 4.69) is 10.2 Å². The zero-order valence-corrected chi connectivity index (χ0v) is 7.96. The molecule has 3 rings (SSSR count). The second kappa shape index (κ2) is 2.87. The standard InChI is InChI=1S/C11H13FN2/c12-9-4-1-5-10-11(9)13-7-8-3-2-6-14(8)10/h1,4-5,8,13H,2-3,6-7H2. The van der Waals surface area contributed by atoms with Gasteiger partial charge in [-0.1, -0.05) is 6.07 Å². The molecule has 3 heteroatoms. The Morgan fingerprint density at radius 3 is 3.29 bits per heavy atom. The van der Waals surface area contributed by atoms with Crippen molar-refractivity contribution >= 4 is 11.4 Å². The molecule has 1 atom stereocenters. The molecule has 0 spiro atoms. The summed E-state index contributed by atoms with van der Waals surface area (Å²) in [6.07, 6.45) is 2.45. The Hall–Kier alpha value is -1.25. The molecule has 0 bridgehead atoms. The molecule has 1 aromatic carbocycles. The summed E-state index contributed by atoms with van der Waals surface area (Å²) < 4.78 is 13.4. The van der Waals surface area contributed by atoms with Crippen molar-refractivity contribution in [1.82, 2.24) is 0 Å². The van der Waals surface area contributed by atoms with Gasteiger partial charge in [0.2, 0.25) is 0 Å². The number of anilines is 2. The summed E-state index contributed by atoms with van der Waals surface area (Å²) in [6, 6.07) is 5.88. The molecule has 0 radical (unpaired) electrons. The number of hydrogen-bond donors (Lipinski definition) is 1. The van der Waals surface area contributed by atoms with Gasteiger partial charge in [0.15, 0.2) is 0 Å². The summed E-state index contributed by atoms with van der Waals surface area (Å²) >= 11 is 0. The molecule has 2 aliphatic rings. The van der Waals surface area contributed by atoms with E-state index in [0.29, 0.717) is 11.7 Å². The molecule has 74 valence electrons. The third-order valence-electron chi connectivity index (χ3n) is 3.19. The van der Waals surface area contributed by atoms with Gasteiger partial charge in [0.1, 0.15) is 5.82 Å². The highest BCUT2D eigenvalue weighted by Crippen LogP contribution is 2.37. The molecule has 14 heavy (non-hydrogen) atoms. The zero-order valence-electron chi connectivity index (χ0n) is 7.96. The summed E-state index contributed by atoms with van der Waals surface area (Å²) in [4.78, 5) is 2.33. The number of para-hydroxylation sites is 1. The van der Waals surface area contributed by atoms with E-state index in [0.717, 1.165) is 18.8 Å². The molecule has 1 unspecified atom stereocenters. The fraction of sp³-hybridized carbons (Fsp3) is 0.455. The molecular formula is C11H13FN2. The van der Waals surface area contributed by atoms with Crippen LogP contribution in [0.3, 0.4) is 0 Å². The fourth-order valence-electron chi connectivity index (χ4n) is 2.51. The Labute approximate surface area is 82.7 Å². The molecule has 1 N–H and O–H groups in total. The van der Waals surface area contributed by atoms with Crippen LogP contribution in [0.25, 0.3) is 0 Å². The van der Waals surface area contributed by atoms with Crippen LogP contribution in [0, 0.1) is 5.82 Å². The second-order valence-electron chi connectivity index (χ2n) is 4.00. The molecule has 0 saturated carbocycles. The first-order valence-electron chi connectivity index (χ1n) is 5.15. The van der Waals surface area contributed by atoms with Crippen LogP contribution in [0.2, 0.25) is 0 Å². The zero-order chi connectivity index (χ0) is 9.54. The number of nitrogens with zero attached hydrogens (tertiary/aromatic N) is 1.